The molecule has 0 saturated carbocycles. The fourth-order valence-electron chi connectivity index (χ4n) is 3.25. The number of rotatable bonds is 4. The lowest BCUT2D eigenvalue weighted by Gasteiger charge is -2.10. The maximum Gasteiger partial charge on any atom is 0.256 e. The Morgan fingerprint density at radius 1 is 0.897 bits per heavy atom. The van der Waals surface area contributed by atoms with Gasteiger partial charge in [0.05, 0.1) is 5.69 Å². The minimum atomic E-state index is -0.142. The molecule has 0 aliphatic heterocycles. The summed E-state index contributed by atoms with van der Waals surface area (Å²) in [4.78, 5) is 16.5. The van der Waals surface area contributed by atoms with Crippen molar-refractivity contribution < 1.29 is 9.32 Å². The third kappa shape index (κ3) is 3.94. The molecule has 1 amide bonds. The van der Waals surface area contributed by atoms with Crippen LogP contribution in [0.25, 0.3) is 22.5 Å². The maximum absolute atomic E-state index is 12.5. The predicted octanol–water partition coefficient (Wildman–Crippen LogP) is 5.58. The van der Waals surface area contributed by atoms with E-state index in [1.807, 2.05) is 50.2 Å². The second-order valence-electron chi connectivity index (χ2n) is 7.08. The Morgan fingerprint density at radius 3 is 2.34 bits per heavy atom. The molecule has 0 aliphatic rings. The number of aryl methyl sites for hydroxylation is 3. The molecule has 4 rings (SSSR count). The summed E-state index contributed by atoms with van der Waals surface area (Å²) < 4.78 is 5.39. The van der Waals surface area contributed by atoms with E-state index in [0.717, 1.165) is 45.0 Å². The molecule has 2 heterocycles. The number of benzene rings is 2. The van der Waals surface area contributed by atoms with E-state index in [2.05, 4.69) is 34.5 Å². The van der Waals surface area contributed by atoms with Crippen molar-refractivity contribution in [3.63, 3.8) is 0 Å². The molecule has 0 spiro atoms. The van der Waals surface area contributed by atoms with Crippen molar-refractivity contribution in [3.05, 3.63) is 89.4 Å². The third-order valence-corrected chi connectivity index (χ3v) is 4.87. The molecule has 29 heavy (non-hydrogen) atoms. The SMILES string of the molecule is Cc1cc(-c2ccc(C)c(-c3ccc(NC(=O)c4ccncc4C)cc3)c2)on1. The van der Waals surface area contributed by atoms with Crippen molar-refractivity contribution in [1.82, 2.24) is 10.1 Å². The highest BCUT2D eigenvalue weighted by atomic mass is 16.5. The molecule has 4 aromatic rings. The van der Waals surface area contributed by atoms with Gasteiger partial charge in [-0.2, -0.15) is 0 Å². The van der Waals surface area contributed by atoms with Crippen molar-refractivity contribution in [2.75, 3.05) is 5.32 Å². The van der Waals surface area contributed by atoms with Gasteiger partial charge in [0.15, 0.2) is 5.76 Å². The first-order valence-electron chi connectivity index (χ1n) is 9.38. The molecule has 0 saturated heterocycles. The molecule has 144 valence electrons. The summed E-state index contributed by atoms with van der Waals surface area (Å²) in [6.45, 7) is 5.85. The monoisotopic (exact) mass is 383 g/mol. The molecule has 0 radical (unpaired) electrons. The van der Waals surface area contributed by atoms with Crippen LogP contribution in [0.3, 0.4) is 0 Å². The van der Waals surface area contributed by atoms with Crippen LogP contribution in [0.5, 0.6) is 0 Å². The molecule has 0 unspecified atom stereocenters. The van der Waals surface area contributed by atoms with Gasteiger partial charge in [-0.25, -0.2) is 0 Å². The Kier molecular flexibility index (Phi) is 4.96. The number of nitrogens with zero attached hydrogens (tertiary/aromatic N) is 2. The number of pyridine rings is 1. The van der Waals surface area contributed by atoms with Gasteiger partial charge in [-0.15, -0.1) is 0 Å². The lowest BCUT2D eigenvalue weighted by molar-refractivity contribution is 0.102. The lowest BCUT2D eigenvalue weighted by atomic mass is 9.97. The van der Waals surface area contributed by atoms with Crippen LogP contribution in [0.4, 0.5) is 5.69 Å². The molecule has 2 aromatic carbocycles. The average Bonchev–Trinajstić information content (AvgIpc) is 3.16. The zero-order valence-corrected chi connectivity index (χ0v) is 16.6. The van der Waals surface area contributed by atoms with Crippen molar-refractivity contribution in [2.24, 2.45) is 0 Å². The number of amides is 1. The molecule has 5 nitrogen and oxygen atoms in total. The van der Waals surface area contributed by atoms with Crippen molar-refractivity contribution in [3.8, 4) is 22.5 Å². The van der Waals surface area contributed by atoms with Crippen molar-refractivity contribution in [2.45, 2.75) is 20.8 Å². The van der Waals surface area contributed by atoms with Crippen molar-refractivity contribution in [1.29, 1.82) is 0 Å². The number of aromatic nitrogens is 2. The van der Waals surface area contributed by atoms with Gasteiger partial charge in [0.1, 0.15) is 0 Å². The van der Waals surface area contributed by atoms with Crippen LogP contribution in [-0.2, 0) is 0 Å². The van der Waals surface area contributed by atoms with E-state index >= 15 is 0 Å². The zero-order valence-electron chi connectivity index (χ0n) is 16.6. The number of nitrogens with one attached hydrogen (secondary N) is 1. The summed E-state index contributed by atoms with van der Waals surface area (Å²) in [5, 5.41) is 6.91. The highest BCUT2D eigenvalue weighted by molar-refractivity contribution is 6.05. The van der Waals surface area contributed by atoms with Gasteiger partial charge in [-0.1, -0.05) is 29.4 Å². The lowest BCUT2D eigenvalue weighted by Crippen LogP contribution is -2.13. The summed E-state index contributed by atoms with van der Waals surface area (Å²) in [6.07, 6.45) is 3.31. The quantitative estimate of drug-likeness (QED) is 0.499. The summed E-state index contributed by atoms with van der Waals surface area (Å²) >= 11 is 0. The van der Waals surface area contributed by atoms with Gasteiger partial charge >= 0.3 is 0 Å². The van der Waals surface area contributed by atoms with E-state index in [-0.39, 0.29) is 5.91 Å². The van der Waals surface area contributed by atoms with Crippen LogP contribution in [0.2, 0.25) is 0 Å². The molecule has 1 N–H and O–H groups in total. The minimum Gasteiger partial charge on any atom is -0.356 e. The Bertz CT molecular complexity index is 1180. The fraction of sp³-hybridized carbons (Fsp3) is 0.125. The van der Waals surface area contributed by atoms with Crippen LogP contribution in [0.1, 0.15) is 27.2 Å². The fourth-order valence-corrected chi connectivity index (χ4v) is 3.25. The highest BCUT2D eigenvalue weighted by Crippen LogP contribution is 2.30. The van der Waals surface area contributed by atoms with E-state index < -0.39 is 0 Å². The standard InChI is InChI=1S/C24H21N3O2/c1-15-4-5-19(23-12-17(3)27-29-23)13-22(15)18-6-8-20(9-7-18)26-24(28)21-10-11-25-14-16(21)2/h4-14H,1-3H3,(H,26,28). The Balaban J connectivity index is 1.58. The van der Waals surface area contributed by atoms with Crippen LogP contribution in [0.15, 0.2) is 71.5 Å². The summed E-state index contributed by atoms with van der Waals surface area (Å²) in [5.41, 5.74) is 7.39. The number of anilines is 1. The first-order chi connectivity index (χ1) is 14.0. The normalized spacial score (nSPS) is 10.7. The Morgan fingerprint density at radius 2 is 1.66 bits per heavy atom. The molecule has 0 atom stereocenters. The zero-order chi connectivity index (χ0) is 20.4. The number of carbonyl (C=O) groups excluding carboxylic acids is 1. The molecule has 2 aromatic heterocycles. The van der Waals surface area contributed by atoms with Gasteiger partial charge in [-0.3, -0.25) is 9.78 Å². The maximum atomic E-state index is 12.5. The van der Waals surface area contributed by atoms with Crippen LogP contribution < -0.4 is 5.32 Å². The highest BCUT2D eigenvalue weighted by Gasteiger charge is 2.11. The number of hydrogen-bond acceptors (Lipinski definition) is 4. The van der Waals surface area contributed by atoms with E-state index in [4.69, 9.17) is 4.52 Å². The average molecular weight is 383 g/mol. The molecule has 0 fully saturated rings. The van der Waals surface area contributed by atoms with Gasteiger partial charge in [0.25, 0.3) is 5.91 Å². The van der Waals surface area contributed by atoms with Crippen LogP contribution >= 0.6 is 0 Å². The summed E-state index contributed by atoms with van der Waals surface area (Å²) in [7, 11) is 0. The number of hydrogen-bond donors (Lipinski definition) is 1. The molecular formula is C24H21N3O2. The first-order valence-corrected chi connectivity index (χ1v) is 9.38. The second kappa shape index (κ2) is 7.72. The van der Waals surface area contributed by atoms with E-state index in [9.17, 15) is 4.79 Å². The minimum absolute atomic E-state index is 0.142. The van der Waals surface area contributed by atoms with Gasteiger partial charge in [0, 0.05) is 35.3 Å². The van der Waals surface area contributed by atoms with Crippen molar-refractivity contribution >= 4 is 11.6 Å². The van der Waals surface area contributed by atoms with Crippen LogP contribution in [-0.4, -0.2) is 16.0 Å². The number of carbonyl (C=O) groups is 1. The molecule has 0 aliphatic carbocycles. The van der Waals surface area contributed by atoms with E-state index in [1.54, 1.807) is 18.5 Å². The summed E-state index contributed by atoms with van der Waals surface area (Å²) in [6, 6.07) is 17.7. The Hall–Kier alpha value is -3.73. The smallest absolute Gasteiger partial charge is 0.256 e. The van der Waals surface area contributed by atoms with Gasteiger partial charge < -0.3 is 9.84 Å². The Labute approximate surface area is 169 Å². The second-order valence-corrected chi connectivity index (χ2v) is 7.08. The van der Waals surface area contributed by atoms with Crippen LogP contribution in [0, 0.1) is 20.8 Å². The topological polar surface area (TPSA) is 68.0 Å². The largest absolute Gasteiger partial charge is 0.356 e. The predicted molar refractivity (Wildman–Crippen MR) is 114 cm³/mol. The molecule has 0 bridgehead atoms. The third-order valence-electron chi connectivity index (χ3n) is 4.87. The first kappa shape index (κ1) is 18.6. The van der Waals surface area contributed by atoms with E-state index in [1.165, 1.54) is 0 Å². The molecular weight excluding hydrogens is 362 g/mol. The van der Waals surface area contributed by atoms with Gasteiger partial charge in [-0.05, 0) is 67.3 Å². The van der Waals surface area contributed by atoms with Gasteiger partial charge in [0.2, 0.25) is 0 Å². The summed E-state index contributed by atoms with van der Waals surface area (Å²) in [5.74, 6) is 0.608. The van der Waals surface area contributed by atoms with E-state index in [0.29, 0.717) is 5.56 Å². The molecule has 5 heteroatoms.